The molecule has 0 atom stereocenters. The molecule has 3 aromatic rings. The van der Waals surface area contributed by atoms with Gasteiger partial charge in [-0.3, -0.25) is 4.79 Å². The number of benzene rings is 3. The number of nitrogens with one attached hydrogen (secondary N) is 1. The predicted octanol–water partition coefficient (Wildman–Crippen LogP) is 7.38. The summed E-state index contributed by atoms with van der Waals surface area (Å²) in [6.45, 7) is 10.4. The maximum absolute atomic E-state index is 14.1. The molecule has 0 unspecified atom stereocenters. The standard InChI is InChI=1S/C33H42N2O3S/c1-24(2)29-14-11-15-30(25(3)4)32(29)34-31(36)22-35(39(37,38)28-18-16-26(5)17-19-28)23-33(20-9-10-21-33)27-12-7-6-8-13-27/h6-8,11-19,24-25H,9-10,20-23H2,1-5H3,(H,34,36). The summed E-state index contributed by atoms with van der Waals surface area (Å²) in [6, 6.07) is 23.2. The van der Waals surface area contributed by atoms with Gasteiger partial charge in [0.15, 0.2) is 0 Å². The Hall–Kier alpha value is -2.96. The highest BCUT2D eigenvalue weighted by molar-refractivity contribution is 7.89. The van der Waals surface area contributed by atoms with Crippen LogP contribution in [0.1, 0.15) is 87.5 Å². The second-order valence-electron chi connectivity index (χ2n) is 11.6. The van der Waals surface area contributed by atoms with Gasteiger partial charge in [-0.2, -0.15) is 4.31 Å². The Labute approximate surface area is 234 Å². The van der Waals surface area contributed by atoms with Crippen LogP contribution in [-0.4, -0.2) is 31.7 Å². The molecule has 0 aliphatic heterocycles. The first-order valence-electron chi connectivity index (χ1n) is 14.1. The van der Waals surface area contributed by atoms with Crippen LogP contribution in [0.4, 0.5) is 5.69 Å². The topological polar surface area (TPSA) is 66.5 Å². The van der Waals surface area contributed by atoms with Crippen molar-refractivity contribution in [3.8, 4) is 0 Å². The molecular formula is C33H42N2O3S. The minimum Gasteiger partial charge on any atom is -0.324 e. The molecular weight excluding hydrogens is 504 g/mol. The van der Waals surface area contributed by atoms with Gasteiger partial charge in [0.25, 0.3) is 0 Å². The van der Waals surface area contributed by atoms with Gasteiger partial charge in [0, 0.05) is 17.6 Å². The molecule has 39 heavy (non-hydrogen) atoms. The molecule has 1 fully saturated rings. The summed E-state index contributed by atoms with van der Waals surface area (Å²) >= 11 is 0. The Kier molecular flexibility index (Phi) is 8.97. The van der Waals surface area contributed by atoms with Crippen LogP contribution in [0.15, 0.2) is 77.7 Å². The fourth-order valence-corrected chi connectivity index (χ4v) is 7.32. The Morgan fingerprint density at radius 2 is 1.41 bits per heavy atom. The molecule has 1 aliphatic rings. The van der Waals surface area contributed by atoms with E-state index in [1.165, 1.54) is 4.31 Å². The predicted molar refractivity (Wildman–Crippen MR) is 160 cm³/mol. The number of anilines is 1. The van der Waals surface area contributed by atoms with Crippen LogP contribution in [-0.2, 0) is 20.2 Å². The Morgan fingerprint density at radius 1 is 0.846 bits per heavy atom. The molecule has 0 spiro atoms. The van der Waals surface area contributed by atoms with E-state index in [-0.39, 0.29) is 41.1 Å². The molecule has 0 bridgehead atoms. The molecule has 0 saturated heterocycles. The van der Waals surface area contributed by atoms with Crippen molar-refractivity contribution in [2.24, 2.45) is 0 Å². The van der Waals surface area contributed by atoms with E-state index in [4.69, 9.17) is 0 Å². The lowest BCUT2D eigenvalue weighted by Gasteiger charge is -2.35. The quantitative estimate of drug-likeness (QED) is 0.288. The van der Waals surface area contributed by atoms with E-state index in [0.717, 1.165) is 53.6 Å². The molecule has 1 saturated carbocycles. The van der Waals surface area contributed by atoms with Gasteiger partial charge in [0.1, 0.15) is 0 Å². The third kappa shape index (κ3) is 6.44. The molecule has 208 valence electrons. The van der Waals surface area contributed by atoms with E-state index in [1.807, 2.05) is 55.5 Å². The monoisotopic (exact) mass is 546 g/mol. The van der Waals surface area contributed by atoms with Crippen LogP contribution in [0.5, 0.6) is 0 Å². The smallest absolute Gasteiger partial charge is 0.243 e. The third-order valence-electron chi connectivity index (χ3n) is 8.04. The van der Waals surface area contributed by atoms with Gasteiger partial charge >= 0.3 is 0 Å². The number of carbonyl (C=O) groups is 1. The lowest BCUT2D eigenvalue weighted by Crippen LogP contribution is -2.46. The first-order valence-corrected chi connectivity index (χ1v) is 15.5. The second-order valence-corrected chi connectivity index (χ2v) is 13.5. The summed E-state index contributed by atoms with van der Waals surface area (Å²) in [6.07, 6.45) is 3.87. The molecule has 0 heterocycles. The highest BCUT2D eigenvalue weighted by Crippen LogP contribution is 2.42. The van der Waals surface area contributed by atoms with Crippen LogP contribution in [0.25, 0.3) is 0 Å². The Morgan fingerprint density at radius 3 is 1.95 bits per heavy atom. The number of hydrogen-bond donors (Lipinski definition) is 1. The van der Waals surface area contributed by atoms with Crippen molar-refractivity contribution in [2.75, 3.05) is 18.4 Å². The summed E-state index contributed by atoms with van der Waals surface area (Å²) in [5, 5.41) is 3.14. The van der Waals surface area contributed by atoms with Crippen molar-refractivity contribution in [3.63, 3.8) is 0 Å². The van der Waals surface area contributed by atoms with E-state index < -0.39 is 10.0 Å². The number of aryl methyl sites for hydroxylation is 1. The summed E-state index contributed by atoms with van der Waals surface area (Å²) in [4.78, 5) is 13.9. The minimum absolute atomic E-state index is 0.214. The number of rotatable bonds is 10. The first-order chi connectivity index (χ1) is 18.5. The second kappa shape index (κ2) is 12.1. The zero-order valence-electron chi connectivity index (χ0n) is 23.9. The zero-order valence-corrected chi connectivity index (χ0v) is 24.7. The van der Waals surface area contributed by atoms with Gasteiger partial charge in [0.05, 0.1) is 11.4 Å². The van der Waals surface area contributed by atoms with Crippen LogP contribution < -0.4 is 5.32 Å². The molecule has 4 rings (SSSR count). The number of nitrogens with zero attached hydrogens (tertiary/aromatic N) is 1. The fraction of sp³-hybridized carbons (Fsp3) is 0.424. The summed E-state index contributed by atoms with van der Waals surface area (Å²) in [5.41, 5.74) is 4.72. The molecule has 1 amide bonds. The Bertz CT molecular complexity index is 1350. The van der Waals surface area contributed by atoms with E-state index in [1.54, 1.807) is 12.1 Å². The van der Waals surface area contributed by atoms with Crippen molar-refractivity contribution in [3.05, 3.63) is 95.1 Å². The number of sulfonamides is 1. The Balaban J connectivity index is 1.72. The van der Waals surface area contributed by atoms with Crippen molar-refractivity contribution < 1.29 is 13.2 Å². The molecule has 5 nitrogen and oxygen atoms in total. The number of hydrogen-bond acceptors (Lipinski definition) is 3. The van der Waals surface area contributed by atoms with E-state index >= 15 is 0 Å². The average Bonchev–Trinajstić information content (AvgIpc) is 3.38. The van der Waals surface area contributed by atoms with Gasteiger partial charge in [-0.25, -0.2) is 8.42 Å². The van der Waals surface area contributed by atoms with Gasteiger partial charge < -0.3 is 5.32 Å². The van der Waals surface area contributed by atoms with Crippen molar-refractivity contribution in [1.82, 2.24) is 4.31 Å². The van der Waals surface area contributed by atoms with Crippen molar-refractivity contribution in [1.29, 1.82) is 0 Å². The van der Waals surface area contributed by atoms with Crippen LogP contribution in [0.3, 0.4) is 0 Å². The highest BCUT2D eigenvalue weighted by Gasteiger charge is 2.41. The van der Waals surface area contributed by atoms with Crippen LogP contribution in [0, 0.1) is 6.92 Å². The number of carbonyl (C=O) groups excluding carboxylic acids is 1. The maximum atomic E-state index is 14.1. The molecule has 1 N–H and O–H groups in total. The summed E-state index contributed by atoms with van der Waals surface area (Å²) < 4.78 is 29.6. The van der Waals surface area contributed by atoms with Gasteiger partial charge in [-0.05, 0) is 60.4 Å². The minimum atomic E-state index is -3.92. The lowest BCUT2D eigenvalue weighted by atomic mass is 9.79. The van der Waals surface area contributed by atoms with Crippen LogP contribution >= 0.6 is 0 Å². The molecule has 6 heteroatoms. The van der Waals surface area contributed by atoms with Gasteiger partial charge in [-0.1, -0.05) is 107 Å². The van der Waals surface area contributed by atoms with Crippen molar-refractivity contribution >= 4 is 21.6 Å². The lowest BCUT2D eigenvalue weighted by molar-refractivity contribution is -0.116. The largest absolute Gasteiger partial charge is 0.324 e. The maximum Gasteiger partial charge on any atom is 0.243 e. The highest BCUT2D eigenvalue weighted by atomic mass is 32.2. The fourth-order valence-electron chi connectivity index (χ4n) is 5.84. The summed E-state index contributed by atoms with van der Waals surface area (Å²) in [5.74, 6) is 0.111. The van der Waals surface area contributed by atoms with Crippen molar-refractivity contribution in [2.45, 2.75) is 82.4 Å². The number of para-hydroxylation sites is 1. The van der Waals surface area contributed by atoms with E-state index in [0.29, 0.717) is 0 Å². The van der Waals surface area contributed by atoms with Gasteiger partial charge in [-0.15, -0.1) is 0 Å². The van der Waals surface area contributed by atoms with E-state index in [2.05, 4.69) is 45.1 Å². The average molecular weight is 547 g/mol. The zero-order chi connectivity index (χ0) is 28.2. The number of amides is 1. The molecule has 0 radical (unpaired) electrons. The molecule has 0 aromatic heterocycles. The normalized spacial score (nSPS) is 15.3. The van der Waals surface area contributed by atoms with E-state index in [9.17, 15) is 13.2 Å². The van der Waals surface area contributed by atoms with Gasteiger partial charge in [0.2, 0.25) is 15.9 Å². The first kappa shape index (κ1) is 29.0. The third-order valence-corrected chi connectivity index (χ3v) is 9.85. The van der Waals surface area contributed by atoms with Crippen LogP contribution in [0.2, 0.25) is 0 Å². The molecule has 1 aliphatic carbocycles. The molecule has 3 aromatic carbocycles. The summed E-state index contributed by atoms with van der Waals surface area (Å²) in [7, 11) is -3.92. The SMILES string of the molecule is Cc1ccc(S(=O)(=O)N(CC(=O)Nc2c(C(C)C)cccc2C(C)C)CC2(c3ccccc3)CCCC2)cc1.